The molecule has 8 rings (SSSR count). The lowest BCUT2D eigenvalue weighted by Crippen LogP contribution is -2.61. The van der Waals surface area contributed by atoms with E-state index >= 15 is 0 Å². The van der Waals surface area contributed by atoms with Crippen LogP contribution in [-0.4, -0.2) is 222 Å². The highest BCUT2D eigenvalue weighted by atomic mass is 16.8. The number of methoxy groups -OCH3 is 3. The van der Waals surface area contributed by atoms with Crippen molar-refractivity contribution in [3.63, 3.8) is 0 Å². The van der Waals surface area contributed by atoms with E-state index in [-0.39, 0.29) is 28.2 Å². The van der Waals surface area contributed by atoms with Crippen molar-refractivity contribution < 1.29 is 136 Å². The highest BCUT2D eigenvalue weighted by Gasteiger charge is 2.53. The molecule has 8 bridgehead atoms. The van der Waals surface area contributed by atoms with Crippen LogP contribution >= 0.6 is 0 Å². The van der Waals surface area contributed by atoms with Crippen molar-refractivity contribution in [2.24, 2.45) is 23.7 Å². The summed E-state index contributed by atoms with van der Waals surface area (Å²) in [4.78, 5) is 67.5. The average Bonchev–Trinajstić information content (AvgIpc) is 3.42. The molecule has 1 aromatic carbocycles. The summed E-state index contributed by atoms with van der Waals surface area (Å²) in [7, 11) is 3.29. The molecule has 21 atom stereocenters. The topological polar surface area (TPSA) is 397 Å². The van der Waals surface area contributed by atoms with Gasteiger partial charge in [-0.15, -0.1) is 13.2 Å². The van der Waals surface area contributed by atoms with Gasteiger partial charge in [-0.05, 0) is 18.2 Å². The Bertz CT molecular complexity index is 2340. The highest BCUT2D eigenvalue weighted by Crippen LogP contribution is 2.41. The summed E-state index contributed by atoms with van der Waals surface area (Å²) >= 11 is 0. The van der Waals surface area contributed by atoms with Crippen molar-refractivity contribution in [1.29, 1.82) is 0 Å². The molecule has 0 radical (unpaired) electrons. The first-order valence-corrected chi connectivity index (χ1v) is 23.6. The molecule has 0 saturated carbocycles. The van der Waals surface area contributed by atoms with Crippen LogP contribution in [0.15, 0.2) is 67.2 Å². The van der Waals surface area contributed by atoms with E-state index in [9.17, 15) is 69.9 Å². The van der Waals surface area contributed by atoms with Crippen LogP contribution in [0.25, 0.3) is 0 Å². The molecule has 0 spiro atoms. The summed E-state index contributed by atoms with van der Waals surface area (Å²) in [6.07, 6.45) is -27.4. The number of hydrogen-bond donors (Lipinski definition) is 9. The second-order valence-electron chi connectivity index (χ2n) is 18.1. The molecule has 76 heavy (non-hydrogen) atoms. The molecule has 7 heterocycles. The van der Waals surface area contributed by atoms with Crippen molar-refractivity contribution in [2.45, 2.75) is 118 Å². The first kappa shape index (κ1) is 57.9. The fourth-order valence-corrected chi connectivity index (χ4v) is 9.29. The van der Waals surface area contributed by atoms with Gasteiger partial charge in [0.25, 0.3) is 0 Å². The molecule has 3 saturated heterocycles. The van der Waals surface area contributed by atoms with E-state index in [1.165, 1.54) is 31.4 Å². The Morgan fingerprint density at radius 3 is 2.00 bits per heavy atom. The van der Waals surface area contributed by atoms with Crippen LogP contribution in [0.3, 0.4) is 0 Å². The summed E-state index contributed by atoms with van der Waals surface area (Å²) in [5.74, 6) is -10.4. The number of rotatable bonds is 11. The van der Waals surface area contributed by atoms with E-state index in [0.717, 1.165) is 32.8 Å². The van der Waals surface area contributed by atoms with Crippen molar-refractivity contribution in [3.05, 3.63) is 72.7 Å². The number of hydrogen-bond acceptors (Lipinski definition) is 28. The fraction of sp³-hybridized carbons (Fsp3) is 0.604. The molecule has 0 amide bonds. The number of esters is 5. The SMILES string of the molecule is C=C[C@H]1[C@H](O[C@@H]2O[C@H](CO)[C@@H](O)[C@H](O)[C@H]2O)OC=C(C(=O)OC)[C@H]1CC(=O)O[C@H]1[C@@H](O)[C@H]2COC(=O)C[C@@H]3C(C(=O)OC)=CO[C@@H](O[C@@H]4O[C@H](COC(=O)c5ccc(c(OC)c5)O[C@H](O2)[C@@H]1O)[C@@H](O)[C@H](O)[C@H]4O)[C@@H]3C=C. The van der Waals surface area contributed by atoms with Gasteiger partial charge in [-0.3, -0.25) is 9.59 Å². The molecule has 420 valence electrons. The third-order valence-electron chi connectivity index (χ3n) is 13.6. The number of fused-ring (bicyclic) bond motifs is 7. The van der Waals surface area contributed by atoms with E-state index in [1.54, 1.807) is 0 Å². The summed E-state index contributed by atoms with van der Waals surface area (Å²) < 4.78 is 78.2. The first-order valence-electron chi connectivity index (χ1n) is 23.6. The van der Waals surface area contributed by atoms with E-state index in [2.05, 4.69) is 13.2 Å². The predicted molar refractivity (Wildman–Crippen MR) is 242 cm³/mol. The molecule has 0 aromatic heterocycles. The van der Waals surface area contributed by atoms with Crippen LogP contribution in [0, 0.1) is 23.7 Å². The van der Waals surface area contributed by atoms with Crippen molar-refractivity contribution in [3.8, 4) is 11.5 Å². The highest BCUT2D eigenvalue weighted by molar-refractivity contribution is 5.91. The lowest BCUT2D eigenvalue weighted by atomic mass is 9.81. The molecule has 3 fully saturated rings. The Kier molecular flexibility index (Phi) is 19.1. The molecule has 9 N–H and O–H groups in total. The Morgan fingerprint density at radius 1 is 0.684 bits per heavy atom. The van der Waals surface area contributed by atoms with E-state index in [0.29, 0.717) is 0 Å². The normalized spacial score (nSPS) is 38.9. The van der Waals surface area contributed by atoms with Gasteiger partial charge >= 0.3 is 29.8 Å². The molecule has 7 aliphatic heterocycles. The van der Waals surface area contributed by atoms with Crippen LogP contribution in [0.5, 0.6) is 11.5 Å². The molecule has 7 aliphatic rings. The number of ether oxygens (including phenoxy) is 14. The summed E-state index contributed by atoms with van der Waals surface area (Å²) in [6, 6.07) is 3.54. The maximum Gasteiger partial charge on any atom is 0.338 e. The van der Waals surface area contributed by atoms with Crippen LogP contribution in [0.4, 0.5) is 0 Å². The molecule has 1 aromatic rings. The van der Waals surface area contributed by atoms with Crippen LogP contribution in [0.2, 0.25) is 0 Å². The smallest absolute Gasteiger partial charge is 0.338 e. The fourth-order valence-electron chi connectivity index (χ4n) is 9.29. The second kappa shape index (κ2) is 25.1. The maximum atomic E-state index is 14.1. The largest absolute Gasteiger partial charge is 0.493 e. The van der Waals surface area contributed by atoms with E-state index in [1.807, 2.05) is 0 Å². The Labute approximate surface area is 432 Å². The number of benzene rings is 1. The van der Waals surface area contributed by atoms with E-state index in [4.69, 9.17) is 66.3 Å². The third-order valence-corrected chi connectivity index (χ3v) is 13.6. The molecule has 0 unspecified atom stereocenters. The van der Waals surface area contributed by atoms with Gasteiger partial charge < -0.3 is 112 Å². The van der Waals surface area contributed by atoms with Crippen molar-refractivity contribution >= 4 is 29.8 Å². The lowest BCUT2D eigenvalue weighted by molar-refractivity contribution is -0.339. The standard InChI is InChI=1S/C48H60O28/c1-6-19-21-11-30(50)66-16-29-34(54)40(74-31(51)12-22-20(7-2)45(69-15-24(22)43(62)65-5)75-46-37(57)35(55)32(52)27(13-49)71-46)39(59)48(73-29)70-25-9-8-18(10-26(25)63-3)41(60)67-17-28-33(53)36(56)38(58)47(72-28)76-44(19)68-14-23(21)42(61)64-4/h6-10,14-15,19-22,27-29,32-40,44-49,52-59H,1-2,11-13,16-17H2,3-5H3/t19-,20-,21+,22+,27-,28-,29-,32-,33-,34+,35+,36+,37-,38-,39-,40+,44+,45+,46+,47+,48-/m1/s1. The molecular formula is C48H60O28. The van der Waals surface area contributed by atoms with E-state index < -0.39 is 191 Å². The van der Waals surface area contributed by atoms with Gasteiger partial charge in [-0.25, -0.2) is 14.4 Å². The molecule has 28 heteroatoms. The van der Waals surface area contributed by atoms with Gasteiger partial charge in [-0.2, -0.15) is 0 Å². The van der Waals surface area contributed by atoms with Gasteiger partial charge in [0.2, 0.25) is 18.9 Å². The quantitative estimate of drug-likeness (QED) is 0.0583. The average molecular weight is 1080 g/mol. The van der Waals surface area contributed by atoms with Crippen LogP contribution in [0.1, 0.15) is 23.2 Å². The number of aliphatic hydroxyl groups excluding tert-OH is 9. The molecule has 28 nitrogen and oxygen atoms in total. The first-order chi connectivity index (χ1) is 36.3. The molecule has 0 aliphatic carbocycles. The van der Waals surface area contributed by atoms with Gasteiger partial charge in [0.15, 0.2) is 36.3 Å². The van der Waals surface area contributed by atoms with Crippen LogP contribution < -0.4 is 9.47 Å². The zero-order valence-electron chi connectivity index (χ0n) is 40.9. The minimum atomic E-state index is -2.09. The van der Waals surface area contributed by atoms with Crippen molar-refractivity contribution in [1.82, 2.24) is 0 Å². The number of aliphatic hydroxyl groups is 9. The number of carbonyl (C=O) groups excluding carboxylic acids is 5. The monoisotopic (exact) mass is 1080 g/mol. The van der Waals surface area contributed by atoms with Crippen LogP contribution in [-0.2, 0) is 76.0 Å². The van der Waals surface area contributed by atoms with Crippen molar-refractivity contribution in [2.75, 3.05) is 41.2 Å². The third kappa shape index (κ3) is 12.1. The predicted octanol–water partition coefficient (Wildman–Crippen LogP) is -3.77. The lowest BCUT2D eigenvalue weighted by Gasteiger charge is -2.43. The maximum absolute atomic E-state index is 14.1. The Morgan fingerprint density at radius 2 is 1.33 bits per heavy atom. The zero-order valence-corrected chi connectivity index (χ0v) is 40.9. The molecular weight excluding hydrogens is 1020 g/mol. The Balaban J connectivity index is 1.18. The van der Waals surface area contributed by atoms with Gasteiger partial charge in [-0.1, -0.05) is 12.2 Å². The summed E-state index contributed by atoms with van der Waals surface area (Å²) in [5.41, 5.74) is -0.635. The Hall–Kier alpha value is -5.83. The summed E-state index contributed by atoms with van der Waals surface area (Å²) in [6.45, 7) is 5.18. The van der Waals surface area contributed by atoms with Gasteiger partial charge in [0, 0.05) is 23.7 Å². The van der Waals surface area contributed by atoms with Gasteiger partial charge in [0.1, 0.15) is 74.3 Å². The summed E-state index contributed by atoms with van der Waals surface area (Å²) in [5, 5.41) is 97.0. The second-order valence-corrected chi connectivity index (χ2v) is 18.1. The zero-order chi connectivity index (χ0) is 55.3. The minimum absolute atomic E-state index is 0.169. The van der Waals surface area contributed by atoms with Gasteiger partial charge in [0.05, 0.1) is 70.0 Å². The number of carbonyl (C=O) groups is 5. The minimum Gasteiger partial charge on any atom is -0.493 e.